The average Bonchev–Trinajstić information content (AvgIpc) is 3.31. The maximum Gasteiger partial charge on any atom is 0.433 e. The summed E-state index contributed by atoms with van der Waals surface area (Å²) in [5.74, 6) is 0.430. The Balaban J connectivity index is 1.43. The monoisotopic (exact) mass is 477 g/mol. The molecule has 5 heterocycles. The van der Waals surface area contributed by atoms with E-state index in [1.54, 1.807) is 22.0 Å². The van der Waals surface area contributed by atoms with Crippen molar-refractivity contribution in [3.8, 4) is 11.3 Å². The summed E-state index contributed by atoms with van der Waals surface area (Å²) in [6.45, 7) is 9.04. The Bertz CT molecular complexity index is 1240. The molecule has 0 spiro atoms. The zero-order valence-corrected chi connectivity index (χ0v) is 19.4. The molecule has 0 unspecified atom stereocenters. The maximum atomic E-state index is 13.6. The molecule has 1 amide bonds. The summed E-state index contributed by atoms with van der Waals surface area (Å²) in [5.41, 5.74) is -0.268. The van der Waals surface area contributed by atoms with Crippen molar-refractivity contribution in [3.63, 3.8) is 0 Å². The molecule has 0 radical (unpaired) electrons. The molecular weight excluding hydrogens is 451 g/mol. The molecule has 12 heteroatoms. The van der Waals surface area contributed by atoms with Gasteiger partial charge in [0, 0.05) is 43.6 Å². The van der Waals surface area contributed by atoms with Crippen molar-refractivity contribution in [2.24, 2.45) is 0 Å². The summed E-state index contributed by atoms with van der Waals surface area (Å²) < 4.78 is 49.0. The van der Waals surface area contributed by atoms with Gasteiger partial charge in [0.2, 0.25) is 0 Å². The van der Waals surface area contributed by atoms with Gasteiger partial charge in [-0.3, -0.25) is 9.08 Å². The predicted molar refractivity (Wildman–Crippen MR) is 117 cm³/mol. The smallest absolute Gasteiger partial charge is 0.433 e. The van der Waals surface area contributed by atoms with E-state index in [9.17, 15) is 18.0 Å². The quantitative estimate of drug-likeness (QED) is 0.567. The zero-order valence-electron chi connectivity index (χ0n) is 19.4. The maximum absolute atomic E-state index is 13.6. The Morgan fingerprint density at radius 1 is 1.15 bits per heavy atom. The second-order valence-electron chi connectivity index (χ2n) is 9.86. The van der Waals surface area contributed by atoms with E-state index in [2.05, 4.69) is 15.1 Å². The van der Waals surface area contributed by atoms with Crippen molar-refractivity contribution in [2.75, 3.05) is 24.5 Å². The molecule has 182 valence electrons. The number of halogens is 3. The van der Waals surface area contributed by atoms with Crippen LogP contribution in [0.3, 0.4) is 0 Å². The highest BCUT2D eigenvalue weighted by atomic mass is 19.4. The van der Waals surface area contributed by atoms with Crippen LogP contribution in [0.4, 0.5) is 23.8 Å². The number of imidazole rings is 1. The number of aromatic nitrogens is 5. The lowest BCUT2D eigenvalue weighted by Gasteiger charge is -2.39. The van der Waals surface area contributed by atoms with E-state index < -0.39 is 17.5 Å². The van der Waals surface area contributed by atoms with Gasteiger partial charge in [0.25, 0.3) is 0 Å². The first-order valence-electron chi connectivity index (χ1n) is 11.1. The van der Waals surface area contributed by atoms with Crippen molar-refractivity contribution in [1.29, 1.82) is 0 Å². The van der Waals surface area contributed by atoms with Crippen LogP contribution < -0.4 is 4.90 Å². The van der Waals surface area contributed by atoms with Gasteiger partial charge < -0.3 is 14.5 Å². The van der Waals surface area contributed by atoms with E-state index in [1.165, 1.54) is 6.20 Å². The van der Waals surface area contributed by atoms with Crippen molar-refractivity contribution < 1.29 is 22.7 Å². The minimum absolute atomic E-state index is 0.0427. The molecule has 3 aromatic rings. The Hall–Kier alpha value is -3.31. The number of hydrogen-bond acceptors (Lipinski definition) is 6. The molecule has 34 heavy (non-hydrogen) atoms. The number of alkyl halides is 3. The zero-order chi connectivity index (χ0) is 24.4. The number of nitrogens with zero attached hydrogens (tertiary/aromatic N) is 7. The van der Waals surface area contributed by atoms with Crippen LogP contribution in [0.1, 0.15) is 45.9 Å². The number of rotatable bonds is 3. The molecule has 0 aliphatic carbocycles. The third kappa shape index (κ3) is 3.94. The number of hydrogen-bond donors (Lipinski definition) is 0. The van der Waals surface area contributed by atoms with Gasteiger partial charge in [0.15, 0.2) is 11.5 Å². The Labute approximate surface area is 194 Å². The average molecular weight is 477 g/mol. The van der Waals surface area contributed by atoms with E-state index in [-0.39, 0.29) is 23.8 Å². The lowest BCUT2D eigenvalue weighted by atomic mass is 10.1. The third-order valence-electron chi connectivity index (χ3n) is 6.14. The summed E-state index contributed by atoms with van der Waals surface area (Å²) in [6.07, 6.45) is 1.55. The Morgan fingerprint density at radius 3 is 2.47 bits per heavy atom. The molecule has 0 bridgehead atoms. The fourth-order valence-corrected chi connectivity index (χ4v) is 4.11. The lowest BCUT2D eigenvalue weighted by molar-refractivity contribution is -0.141. The molecule has 0 aromatic carbocycles. The Morgan fingerprint density at radius 2 is 1.88 bits per heavy atom. The summed E-state index contributed by atoms with van der Waals surface area (Å²) >= 11 is 0. The van der Waals surface area contributed by atoms with Gasteiger partial charge in [-0.15, -0.1) is 0 Å². The van der Waals surface area contributed by atoms with E-state index >= 15 is 0 Å². The lowest BCUT2D eigenvalue weighted by Crippen LogP contribution is -2.52. The molecule has 5 rings (SSSR count). The molecule has 9 nitrogen and oxygen atoms in total. The number of amides is 1. The van der Waals surface area contributed by atoms with Gasteiger partial charge in [-0.1, -0.05) is 0 Å². The van der Waals surface area contributed by atoms with Gasteiger partial charge in [-0.05, 0) is 34.1 Å². The molecule has 0 saturated carbocycles. The molecule has 2 saturated heterocycles. The van der Waals surface area contributed by atoms with Crippen LogP contribution in [0.25, 0.3) is 16.9 Å². The largest absolute Gasteiger partial charge is 0.444 e. The minimum atomic E-state index is -4.54. The standard InChI is InChI=1S/C22H26F3N7O2/c1-13-5-6-30(13)19-18-26-8-17(22(23,24)25)31(18)12-16(28-19)14-7-27-32(9-14)15-10-29(11-15)20(33)34-21(2,3)4/h7-9,12-13,15H,5-6,10-11H2,1-4H3/t13-/m0/s1. The highest BCUT2D eigenvalue weighted by molar-refractivity contribution is 5.72. The summed E-state index contributed by atoms with van der Waals surface area (Å²) in [4.78, 5) is 24.4. The van der Waals surface area contributed by atoms with Gasteiger partial charge in [0.1, 0.15) is 11.3 Å². The second kappa shape index (κ2) is 7.60. The minimum Gasteiger partial charge on any atom is -0.444 e. The van der Waals surface area contributed by atoms with E-state index in [4.69, 9.17) is 4.74 Å². The first-order chi connectivity index (χ1) is 15.9. The van der Waals surface area contributed by atoms with E-state index in [1.807, 2.05) is 32.6 Å². The van der Waals surface area contributed by atoms with Gasteiger partial charge in [-0.25, -0.2) is 14.8 Å². The summed E-state index contributed by atoms with van der Waals surface area (Å²) in [5, 5.41) is 4.38. The second-order valence-corrected chi connectivity index (χ2v) is 9.86. The summed E-state index contributed by atoms with van der Waals surface area (Å²) in [7, 11) is 0. The predicted octanol–water partition coefficient (Wildman–Crippen LogP) is 4.00. The van der Waals surface area contributed by atoms with Crippen LogP contribution in [0, 0.1) is 0 Å². The van der Waals surface area contributed by atoms with Gasteiger partial charge in [-0.2, -0.15) is 18.3 Å². The van der Waals surface area contributed by atoms with E-state index in [0.717, 1.165) is 17.0 Å². The number of fused-ring (bicyclic) bond motifs is 1. The summed E-state index contributed by atoms with van der Waals surface area (Å²) in [6, 6.07) is 0.132. The van der Waals surface area contributed by atoms with Crippen molar-refractivity contribution in [2.45, 2.75) is 58.0 Å². The fourth-order valence-electron chi connectivity index (χ4n) is 4.11. The number of anilines is 1. The molecule has 2 fully saturated rings. The molecule has 3 aromatic heterocycles. The first kappa shape index (κ1) is 22.5. The highest BCUT2D eigenvalue weighted by Gasteiger charge is 2.38. The van der Waals surface area contributed by atoms with Crippen LogP contribution in [-0.4, -0.2) is 66.4 Å². The molecule has 2 aliphatic rings. The van der Waals surface area contributed by atoms with Crippen LogP contribution >= 0.6 is 0 Å². The fraction of sp³-hybridized carbons (Fsp3) is 0.545. The van der Waals surface area contributed by atoms with Gasteiger partial charge >= 0.3 is 12.3 Å². The molecule has 0 N–H and O–H groups in total. The first-order valence-corrected chi connectivity index (χ1v) is 11.1. The van der Waals surface area contributed by atoms with Crippen molar-refractivity contribution in [3.05, 3.63) is 30.5 Å². The molecular formula is C22H26F3N7O2. The van der Waals surface area contributed by atoms with Crippen LogP contribution in [0.2, 0.25) is 0 Å². The van der Waals surface area contributed by atoms with E-state index in [0.29, 0.717) is 36.7 Å². The number of ether oxygens (including phenoxy) is 1. The SMILES string of the molecule is C[C@H]1CCN1c1nc(-c2cnn(C3CN(C(=O)OC(C)(C)C)C3)c2)cn2c(C(F)(F)F)cnc12. The van der Waals surface area contributed by atoms with Crippen molar-refractivity contribution >= 4 is 17.6 Å². The topological polar surface area (TPSA) is 80.8 Å². The Kier molecular flexibility index (Phi) is 5.03. The van der Waals surface area contributed by atoms with Crippen LogP contribution in [0.5, 0.6) is 0 Å². The number of carbonyl (C=O) groups is 1. The molecule has 2 aliphatic heterocycles. The number of carbonyl (C=O) groups excluding carboxylic acids is 1. The normalized spacial score (nSPS) is 19.3. The molecule has 1 atom stereocenters. The third-order valence-corrected chi connectivity index (χ3v) is 6.14. The highest BCUT2D eigenvalue weighted by Crippen LogP contribution is 2.36. The van der Waals surface area contributed by atoms with Crippen LogP contribution in [0.15, 0.2) is 24.8 Å². The van der Waals surface area contributed by atoms with Crippen LogP contribution in [-0.2, 0) is 10.9 Å². The van der Waals surface area contributed by atoms with Gasteiger partial charge in [0.05, 0.1) is 24.1 Å². The number of likely N-dealkylation sites (tertiary alicyclic amines) is 1. The van der Waals surface area contributed by atoms with Crippen molar-refractivity contribution in [1.82, 2.24) is 29.0 Å².